The Morgan fingerprint density at radius 3 is 2.14 bits per heavy atom. The third-order valence-corrected chi connectivity index (χ3v) is 3.39. The Morgan fingerprint density at radius 2 is 1.62 bits per heavy atom. The van der Waals surface area contributed by atoms with Crippen LogP contribution in [0.3, 0.4) is 0 Å². The van der Waals surface area contributed by atoms with Crippen LogP contribution < -0.4 is 5.48 Å². The molecule has 106 valence electrons. The second-order valence-corrected chi connectivity index (χ2v) is 4.97. The fraction of sp³-hybridized carbons (Fsp3) is 0. The van der Waals surface area contributed by atoms with E-state index in [1.807, 2.05) is 35.0 Å². The van der Waals surface area contributed by atoms with Gasteiger partial charge in [0.1, 0.15) is 0 Å². The van der Waals surface area contributed by atoms with Crippen LogP contribution in [-0.4, -0.2) is 16.9 Å². The first-order chi connectivity index (χ1) is 10.2. The molecule has 0 saturated carbocycles. The number of benzene rings is 1. The van der Waals surface area contributed by atoms with Crippen molar-refractivity contribution in [3.63, 3.8) is 0 Å². The average molecular weight is 299 g/mol. The highest BCUT2D eigenvalue weighted by molar-refractivity contribution is 7.08. The van der Waals surface area contributed by atoms with Crippen LogP contribution in [0.1, 0.15) is 21.5 Å². The van der Waals surface area contributed by atoms with Crippen molar-refractivity contribution in [1.29, 1.82) is 0 Å². The molecule has 1 aromatic heterocycles. The second kappa shape index (κ2) is 7.33. The number of rotatable bonds is 5. The van der Waals surface area contributed by atoms with Crippen LogP contribution in [0, 0.1) is 0 Å². The zero-order chi connectivity index (χ0) is 15.1. The van der Waals surface area contributed by atoms with E-state index in [4.69, 9.17) is 5.21 Å². The Hall–Kier alpha value is -2.50. The van der Waals surface area contributed by atoms with E-state index in [1.165, 1.54) is 29.0 Å². The summed E-state index contributed by atoms with van der Waals surface area (Å²) in [5, 5.41) is 12.0. The molecular weight excluding hydrogens is 286 g/mol. The van der Waals surface area contributed by atoms with Gasteiger partial charge in [0.2, 0.25) is 0 Å². The second-order valence-electron chi connectivity index (χ2n) is 4.19. The predicted molar refractivity (Wildman–Crippen MR) is 83.1 cm³/mol. The summed E-state index contributed by atoms with van der Waals surface area (Å²) in [4.78, 5) is 22.6. The maximum Gasteiger partial charge on any atom is 0.267 e. The standard InChI is InChI=1S/C16H13NO3S/c18-15(14-9-10-21-11-14)7-5-12-1-3-13(4-2-12)6-8-16(19)17-20/h1-11,20H,(H,17,19)/b7-5+,8-6+. The molecule has 0 fully saturated rings. The lowest BCUT2D eigenvalue weighted by atomic mass is 10.1. The van der Waals surface area contributed by atoms with Gasteiger partial charge in [-0.3, -0.25) is 14.8 Å². The number of hydroxylamine groups is 1. The number of hydrogen-bond donors (Lipinski definition) is 2. The monoisotopic (exact) mass is 299 g/mol. The number of carbonyl (C=O) groups excluding carboxylic acids is 2. The minimum atomic E-state index is -0.583. The van der Waals surface area contributed by atoms with Crippen LogP contribution in [0.25, 0.3) is 12.2 Å². The van der Waals surface area contributed by atoms with Gasteiger partial charge < -0.3 is 0 Å². The molecule has 0 saturated heterocycles. The fourth-order valence-electron chi connectivity index (χ4n) is 1.60. The van der Waals surface area contributed by atoms with Gasteiger partial charge in [-0.25, -0.2) is 5.48 Å². The smallest absolute Gasteiger partial charge is 0.267 e. The van der Waals surface area contributed by atoms with Gasteiger partial charge in [0.15, 0.2) is 5.78 Å². The van der Waals surface area contributed by atoms with Gasteiger partial charge in [-0.2, -0.15) is 11.3 Å². The largest absolute Gasteiger partial charge is 0.289 e. The Balaban J connectivity index is 2.01. The van der Waals surface area contributed by atoms with Crippen molar-refractivity contribution in [2.45, 2.75) is 0 Å². The van der Waals surface area contributed by atoms with Crippen molar-refractivity contribution < 1.29 is 14.8 Å². The number of hydrogen-bond acceptors (Lipinski definition) is 4. The lowest BCUT2D eigenvalue weighted by Gasteiger charge is -1.96. The van der Waals surface area contributed by atoms with E-state index in [0.717, 1.165) is 11.1 Å². The molecule has 1 amide bonds. The summed E-state index contributed by atoms with van der Waals surface area (Å²) in [5.41, 5.74) is 3.92. The van der Waals surface area contributed by atoms with Gasteiger partial charge >= 0.3 is 0 Å². The minimum Gasteiger partial charge on any atom is -0.289 e. The highest BCUT2D eigenvalue weighted by Crippen LogP contribution is 2.11. The molecule has 2 N–H and O–H groups in total. The Kier molecular flexibility index (Phi) is 5.20. The van der Waals surface area contributed by atoms with Crippen molar-refractivity contribution in [3.8, 4) is 0 Å². The number of amides is 1. The normalized spacial score (nSPS) is 11.1. The molecule has 0 bridgehead atoms. The molecule has 5 heteroatoms. The quantitative estimate of drug-likeness (QED) is 0.386. The molecule has 0 radical (unpaired) electrons. The van der Waals surface area contributed by atoms with Crippen LogP contribution >= 0.6 is 11.3 Å². The summed E-state index contributed by atoms with van der Waals surface area (Å²) < 4.78 is 0. The van der Waals surface area contributed by atoms with E-state index in [2.05, 4.69) is 0 Å². The lowest BCUT2D eigenvalue weighted by molar-refractivity contribution is -0.124. The van der Waals surface area contributed by atoms with Crippen LogP contribution in [0.2, 0.25) is 0 Å². The van der Waals surface area contributed by atoms with Gasteiger partial charge in [0, 0.05) is 17.0 Å². The van der Waals surface area contributed by atoms with Crippen molar-refractivity contribution >= 4 is 35.2 Å². The maximum atomic E-state index is 11.8. The number of allylic oxidation sites excluding steroid dienone is 1. The van der Waals surface area contributed by atoms with Crippen molar-refractivity contribution in [3.05, 3.63) is 69.9 Å². The summed E-state index contributed by atoms with van der Waals surface area (Å²) in [7, 11) is 0. The molecular formula is C16H13NO3S. The lowest BCUT2D eigenvalue weighted by Crippen LogP contribution is -2.14. The number of ketones is 1. The molecule has 0 aliphatic carbocycles. The van der Waals surface area contributed by atoms with Crippen LogP contribution in [0.4, 0.5) is 0 Å². The number of carbonyl (C=O) groups is 2. The predicted octanol–water partition coefficient (Wildman–Crippen LogP) is 3.16. The molecule has 2 aromatic rings. The summed E-state index contributed by atoms with van der Waals surface area (Å²) in [6.45, 7) is 0. The molecule has 0 aliphatic rings. The van der Waals surface area contributed by atoms with Gasteiger partial charge in [-0.1, -0.05) is 30.3 Å². The topological polar surface area (TPSA) is 66.4 Å². The summed E-state index contributed by atoms with van der Waals surface area (Å²) in [5.74, 6) is -0.611. The highest BCUT2D eigenvalue weighted by Gasteiger charge is 2.00. The summed E-state index contributed by atoms with van der Waals surface area (Å²) in [6, 6.07) is 9.10. The van der Waals surface area contributed by atoms with E-state index >= 15 is 0 Å². The summed E-state index contributed by atoms with van der Waals surface area (Å²) >= 11 is 1.49. The SMILES string of the molecule is O=C(/C=C/c1ccc(/C=C/C(=O)c2ccsc2)cc1)NO. The van der Waals surface area contributed by atoms with E-state index in [9.17, 15) is 9.59 Å². The first kappa shape index (κ1) is 14.9. The molecule has 2 rings (SSSR count). The Labute approximate surface area is 126 Å². The third-order valence-electron chi connectivity index (χ3n) is 2.71. The molecule has 0 unspecified atom stereocenters. The third kappa shape index (κ3) is 4.52. The van der Waals surface area contributed by atoms with E-state index < -0.39 is 5.91 Å². The molecule has 1 heterocycles. The van der Waals surface area contributed by atoms with E-state index in [1.54, 1.807) is 18.2 Å². The van der Waals surface area contributed by atoms with Crippen molar-refractivity contribution in [2.75, 3.05) is 0 Å². The Bertz CT molecular complexity index is 670. The maximum absolute atomic E-state index is 11.8. The first-order valence-electron chi connectivity index (χ1n) is 6.16. The van der Waals surface area contributed by atoms with Crippen LogP contribution in [-0.2, 0) is 4.79 Å². The zero-order valence-corrected chi connectivity index (χ0v) is 11.8. The Morgan fingerprint density at radius 1 is 1.00 bits per heavy atom. The molecule has 0 aliphatic heterocycles. The van der Waals surface area contributed by atoms with Crippen molar-refractivity contribution in [2.24, 2.45) is 0 Å². The first-order valence-corrected chi connectivity index (χ1v) is 7.10. The number of thiophene rings is 1. The fourth-order valence-corrected chi connectivity index (χ4v) is 2.25. The van der Waals surface area contributed by atoms with Crippen LogP contribution in [0.15, 0.2) is 53.2 Å². The summed E-state index contributed by atoms with van der Waals surface area (Å²) in [6.07, 6.45) is 6.08. The van der Waals surface area contributed by atoms with Gasteiger partial charge in [-0.15, -0.1) is 0 Å². The van der Waals surface area contributed by atoms with Gasteiger partial charge in [0.25, 0.3) is 5.91 Å². The minimum absolute atomic E-state index is 0.0279. The van der Waals surface area contributed by atoms with E-state index in [0.29, 0.717) is 5.56 Å². The number of nitrogens with one attached hydrogen (secondary N) is 1. The van der Waals surface area contributed by atoms with E-state index in [-0.39, 0.29) is 5.78 Å². The zero-order valence-electron chi connectivity index (χ0n) is 11.0. The average Bonchev–Trinajstić information content (AvgIpc) is 3.05. The molecule has 0 atom stereocenters. The van der Waals surface area contributed by atoms with Crippen LogP contribution in [0.5, 0.6) is 0 Å². The highest BCUT2D eigenvalue weighted by atomic mass is 32.1. The van der Waals surface area contributed by atoms with Gasteiger partial charge in [-0.05, 0) is 34.7 Å². The molecule has 4 nitrogen and oxygen atoms in total. The molecule has 0 spiro atoms. The van der Waals surface area contributed by atoms with Crippen molar-refractivity contribution in [1.82, 2.24) is 5.48 Å². The van der Waals surface area contributed by atoms with Gasteiger partial charge in [0.05, 0.1) is 0 Å². The molecule has 21 heavy (non-hydrogen) atoms. The molecule has 1 aromatic carbocycles.